The summed E-state index contributed by atoms with van der Waals surface area (Å²) in [5.41, 5.74) is 0.539. The first-order chi connectivity index (χ1) is 10.9. The van der Waals surface area contributed by atoms with E-state index in [0.29, 0.717) is 5.69 Å². The summed E-state index contributed by atoms with van der Waals surface area (Å²) in [6.45, 7) is 0. The summed E-state index contributed by atoms with van der Waals surface area (Å²) in [5, 5.41) is 2.43. The van der Waals surface area contributed by atoms with E-state index < -0.39 is 23.1 Å². The third-order valence-corrected chi connectivity index (χ3v) is 3.26. The van der Waals surface area contributed by atoms with E-state index in [2.05, 4.69) is 5.32 Å². The zero-order valence-electron chi connectivity index (χ0n) is 12.8. The monoisotopic (exact) mass is 318 g/mol. The van der Waals surface area contributed by atoms with Gasteiger partial charge >= 0.3 is 0 Å². The Kier molecular flexibility index (Phi) is 5.05. The van der Waals surface area contributed by atoms with Crippen molar-refractivity contribution in [3.05, 3.63) is 65.2 Å². The number of carbonyl (C=O) groups is 2. The lowest BCUT2D eigenvalue weighted by Gasteiger charge is -2.11. The first-order valence-corrected chi connectivity index (χ1v) is 6.93. The summed E-state index contributed by atoms with van der Waals surface area (Å²) in [6, 6.07) is 9.74. The summed E-state index contributed by atoms with van der Waals surface area (Å²) in [7, 11) is 3.33. The molecule has 2 rings (SSSR count). The zero-order chi connectivity index (χ0) is 17.0. The van der Waals surface area contributed by atoms with Gasteiger partial charge in [-0.1, -0.05) is 18.2 Å². The average Bonchev–Trinajstić information content (AvgIpc) is 2.49. The molecule has 23 heavy (non-hydrogen) atoms. The van der Waals surface area contributed by atoms with E-state index >= 15 is 0 Å². The van der Waals surface area contributed by atoms with Crippen molar-refractivity contribution in [2.45, 2.75) is 6.42 Å². The molecule has 1 N–H and O–H groups in total. The molecular weight excluding hydrogens is 302 g/mol. The normalized spacial score (nSPS) is 10.3. The van der Waals surface area contributed by atoms with Crippen LogP contribution < -0.4 is 5.32 Å². The maximum absolute atomic E-state index is 13.5. The van der Waals surface area contributed by atoms with Gasteiger partial charge in [-0.15, -0.1) is 0 Å². The molecule has 0 radical (unpaired) electrons. The molecule has 2 aromatic rings. The quantitative estimate of drug-likeness (QED) is 0.942. The third kappa shape index (κ3) is 4.12. The van der Waals surface area contributed by atoms with Crippen LogP contribution in [0.1, 0.15) is 15.9 Å². The van der Waals surface area contributed by atoms with Gasteiger partial charge in [0.15, 0.2) is 0 Å². The minimum atomic E-state index is -0.921. The third-order valence-electron chi connectivity index (χ3n) is 3.26. The predicted octanol–water partition coefficient (Wildman–Crippen LogP) is 2.85. The lowest BCUT2D eigenvalue weighted by molar-refractivity contribution is -0.127. The van der Waals surface area contributed by atoms with Gasteiger partial charge in [-0.2, -0.15) is 0 Å². The van der Waals surface area contributed by atoms with Gasteiger partial charge in [0.1, 0.15) is 17.2 Å². The Bertz CT molecular complexity index is 708. The topological polar surface area (TPSA) is 49.4 Å². The lowest BCUT2D eigenvalue weighted by Crippen LogP contribution is -2.23. The first kappa shape index (κ1) is 16.6. The van der Waals surface area contributed by atoms with Crippen molar-refractivity contribution in [3.63, 3.8) is 0 Å². The van der Waals surface area contributed by atoms with Gasteiger partial charge in [-0.25, -0.2) is 8.78 Å². The molecule has 2 amide bonds. The van der Waals surface area contributed by atoms with Gasteiger partial charge in [0.25, 0.3) is 5.91 Å². The minimum Gasteiger partial charge on any atom is -0.349 e. The van der Waals surface area contributed by atoms with E-state index in [9.17, 15) is 18.4 Å². The molecule has 0 spiro atoms. The van der Waals surface area contributed by atoms with Crippen molar-refractivity contribution in [1.29, 1.82) is 0 Å². The molecule has 0 heterocycles. The van der Waals surface area contributed by atoms with Crippen molar-refractivity contribution >= 4 is 17.5 Å². The second-order valence-corrected chi connectivity index (χ2v) is 5.21. The molecule has 0 aliphatic heterocycles. The average molecular weight is 318 g/mol. The molecule has 0 atom stereocenters. The van der Waals surface area contributed by atoms with Crippen molar-refractivity contribution < 1.29 is 18.4 Å². The summed E-state index contributed by atoms with van der Waals surface area (Å²) < 4.78 is 27.1. The number of nitrogens with one attached hydrogen (secondary N) is 1. The molecule has 0 aliphatic carbocycles. The van der Waals surface area contributed by atoms with Crippen LogP contribution in [0.3, 0.4) is 0 Å². The summed E-state index contributed by atoms with van der Waals surface area (Å²) in [5.74, 6) is -2.75. The number of benzene rings is 2. The van der Waals surface area contributed by atoms with Crippen LogP contribution in [0.2, 0.25) is 0 Å². The molecule has 0 aliphatic rings. The van der Waals surface area contributed by atoms with Crippen LogP contribution in [0.4, 0.5) is 14.5 Å². The molecule has 0 saturated heterocycles. The Morgan fingerprint density at radius 1 is 1.00 bits per heavy atom. The van der Waals surface area contributed by atoms with Crippen LogP contribution >= 0.6 is 0 Å². The first-order valence-electron chi connectivity index (χ1n) is 6.93. The van der Waals surface area contributed by atoms with Crippen LogP contribution in [0.25, 0.3) is 0 Å². The number of hydrogen-bond donors (Lipinski definition) is 1. The van der Waals surface area contributed by atoms with Crippen LogP contribution in [0, 0.1) is 11.6 Å². The Hall–Kier alpha value is -2.76. The van der Waals surface area contributed by atoms with Crippen LogP contribution in [-0.4, -0.2) is 30.8 Å². The van der Waals surface area contributed by atoms with E-state index in [-0.39, 0.29) is 12.3 Å². The van der Waals surface area contributed by atoms with Gasteiger partial charge in [0, 0.05) is 19.8 Å². The number of anilines is 1. The van der Waals surface area contributed by atoms with Crippen LogP contribution in [0.5, 0.6) is 0 Å². The molecule has 0 fully saturated rings. The fourth-order valence-electron chi connectivity index (χ4n) is 1.95. The molecule has 6 heteroatoms. The smallest absolute Gasteiger partial charge is 0.261 e. The van der Waals surface area contributed by atoms with Gasteiger partial charge in [-0.05, 0) is 29.8 Å². The van der Waals surface area contributed by atoms with Crippen LogP contribution in [-0.2, 0) is 11.2 Å². The summed E-state index contributed by atoms with van der Waals surface area (Å²) >= 11 is 0. The molecule has 120 valence electrons. The number of amides is 2. The molecule has 4 nitrogen and oxygen atoms in total. The van der Waals surface area contributed by atoms with E-state index in [4.69, 9.17) is 0 Å². The lowest BCUT2D eigenvalue weighted by atomic mass is 10.1. The SMILES string of the molecule is CN(C)C(=O)Cc1ccc(NC(=O)c2c(F)cccc2F)cc1. The van der Waals surface area contributed by atoms with Gasteiger partial charge in [-0.3, -0.25) is 9.59 Å². The maximum Gasteiger partial charge on any atom is 0.261 e. The summed E-state index contributed by atoms with van der Waals surface area (Å²) in [4.78, 5) is 25.0. The molecular formula is C17H16F2N2O2. The maximum atomic E-state index is 13.5. The Morgan fingerprint density at radius 3 is 2.09 bits per heavy atom. The number of nitrogens with zero attached hydrogens (tertiary/aromatic N) is 1. The van der Waals surface area contributed by atoms with E-state index in [1.165, 1.54) is 11.0 Å². The highest BCUT2D eigenvalue weighted by Gasteiger charge is 2.17. The number of rotatable bonds is 4. The van der Waals surface area contributed by atoms with E-state index in [0.717, 1.165) is 17.7 Å². The van der Waals surface area contributed by atoms with Gasteiger partial charge < -0.3 is 10.2 Å². The molecule has 0 unspecified atom stereocenters. The number of hydrogen-bond acceptors (Lipinski definition) is 2. The standard InChI is InChI=1S/C17H16F2N2O2/c1-21(2)15(22)10-11-6-8-12(9-7-11)20-17(23)16-13(18)4-3-5-14(16)19/h3-9H,10H2,1-2H3,(H,20,23). The molecule has 0 aromatic heterocycles. The molecule has 0 bridgehead atoms. The molecule has 0 saturated carbocycles. The highest BCUT2D eigenvalue weighted by Crippen LogP contribution is 2.16. The Balaban J connectivity index is 2.09. The predicted molar refractivity (Wildman–Crippen MR) is 83.2 cm³/mol. The van der Waals surface area contributed by atoms with Gasteiger partial charge in [0.2, 0.25) is 5.91 Å². The fourth-order valence-corrected chi connectivity index (χ4v) is 1.95. The number of carbonyl (C=O) groups excluding carboxylic acids is 2. The second kappa shape index (κ2) is 7.00. The van der Waals surface area contributed by atoms with Crippen LogP contribution in [0.15, 0.2) is 42.5 Å². The van der Waals surface area contributed by atoms with Crippen molar-refractivity contribution in [3.8, 4) is 0 Å². The number of halogens is 2. The zero-order valence-corrected chi connectivity index (χ0v) is 12.8. The Labute approximate surface area is 132 Å². The van der Waals surface area contributed by atoms with Crippen molar-refractivity contribution in [1.82, 2.24) is 4.90 Å². The van der Waals surface area contributed by atoms with Crippen molar-refractivity contribution in [2.75, 3.05) is 19.4 Å². The van der Waals surface area contributed by atoms with Crippen molar-refractivity contribution in [2.24, 2.45) is 0 Å². The van der Waals surface area contributed by atoms with Gasteiger partial charge in [0.05, 0.1) is 6.42 Å². The molecule has 2 aromatic carbocycles. The highest BCUT2D eigenvalue weighted by atomic mass is 19.1. The number of likely N-dealkylation sites (N-methyl/N-ethyl adjacent to an activating group) is 1. The Morgan fingerprint density at radius 2 is 1.57 bits per heavy atom. The fraction of sp³-hybridized carbons (Fsp3) is 0.176. The minimum absolute atomic E-state index is 0.0461. The largest absolute Gasteiger partial charge is 0.349 e. The summed E-state index contributed by atoms with van der Waals surface area (Å²) in [6.07, 6.45) is 0.239. The van der Waals surface area contributed by atoms with E-state index in [1.807, 2.05) is 0 Å². The van der Waals surface area contributed by atoms with E-state index in [1.54, 1.807) is 38.4 Å². The second-order valence-electron chi connectivity index (χ2n) is 5.21. The highest BCUT2D eigenvalue weighted by molar-refractivity contribution is 6.04.